The highest BCUT2D eigenvalue weighted by molar-refractivity contribution is 5.34. The second-order valence-corrected chi connectivity index (χ2v) is 7.09. The van der Waals surface area contributed by atoms with Crippen molar-refractivity contribution in [2.45, 2.75) is 65.1 Å². The van der Waals surface area contributed by atoms with E-state index in [1.807, 2.05) is 12.3 Å². The van der Waals surface area contributed by atoms with Crippen molar-refractivity contribution in [3.05, 3.63) is 41.1 Å². The second-order valence-electron chi connectivity index (χ2n) is 7.09. The molecule has 3 rings (SSSR count). The summed E-state index contributed by atoms with van der Waals surface area (Å²) < 4.78 is 5.52. The highest BCUT2D eigenvalue weighted by Gasteiger charge is 2.16. The fourth-order valence-electron chi connectivity index (χ4n) is 3.46. The van der Waals surface area contributed by atoms with Crippen molar-refractivity contribution in [1.29, 1.82) is 0 Å². The van der Waals surface area contributed by atoms with Gasteiger partial charge in [0.2, 0.25) is 5.95 Å². The number of hydrogen-bond donors (Lipinski definition) is 2. The van der Waals surface area contributed by atoms with Gasteiger partial charge in [-0.05, 0) is 38.8 Å². The van der Waals surface area contributed by atoms with Crippen LogP contribution in [0.15, 0.2) is 22.7 Å². The van der Waals surface area contributed by atoms with Crippen molar-refractivity contribution in [1.82, 2.24) is 15.3 Å². The quantitative estimate of drug-likeness (QED) is 0.823. The molecule has 1 aliphatic heterocycles. The molecule has 1 saturated heterocycles. The summed E-state index contributed by atoms with van der Waals surface area (Å²) in [5.74, 6) is 2.27. The Morgan fingerprint density at radius 3 is 2.50 bits per heavy atom. The standard InChI is InChI=1S/C20H30N4O2/c1-15(21-12-17-8-9-18(14-25)26-17)19-13-22-20(23-16(19)2)24-10-6-4-3-5-7-11-24/h8-9,13,15,21,25H,3-7,10-12,14H2,1-2H3/t15-/m1/s1. The molecule has 2 aromatic rings. The van der Waals surface area contributed by atoms with Crippen LogP contribution in [0.1, 0.15) is 67.8 Å². The molecular formula is C20H30N4O2. The van der Waals surface area contributed by atoms with E-state index in [0.29, 0.717) is 12.3 Å². The first-order chi connectivity index (χ1) is 12.7. The Bertz CT molecular complexity index is 693. The highest BCUT2D eigenvalue weighted by atomic mass is 16.4. The molecule has 0 saturated carbocycles. The van der Waals surface area contributed by atoms with Crippen LogP contribution in [-0.2, 0) is 13.2 Å². The Balaban J connectivity index is 1.62. The number of nitrogens with zero attached hydrogens (tertiary/aromatic N) is 3. The zero-order valence-corrected chi connectivity index (χ0v) is 15.9. The van der Waals surface area contributed by atoms with Gasteiger partial charge in [0.25, 0.3) is 0 Å². The van der Waals surface area contributed by atoms with Gasteiger partial charge in [0, 0.05) is 36.6 Å². The number of rotatable bonds is 6. The Kier molecular flexibility index (Phi) is 6.63. The van der Waals surface area contributed by atoms with Gasteiger partial charge in [0.15, 0.2) is 0 Å². The molecule has 6 heteroatoms. The summed E-state index contributed by atoms with van der Waals surface area (Å²) in [6, 6.07) is 3.81. The average molecular weight is 358 g/mol. The number of hydrogen-bond acceptors (Lipinski definition) is 6. The first kappa shape index (κ1) is 18.9. The Morgan fingerprint density at radius 1 is 1.15 bits per heavy atom. The fourth-order valence-corrected chi connectivity index (χ4v) is 3.46. The molecule has 1 fully saturated rings. The molecular weight excluding hydrogens is 328 g/mol. The molecule has 1 aliphatic rings. The van der Waals surface area contributed by atoms with E-state index in [2.05, 4.69) is 29.0 Å². The van der Waals surface area contributed by atoms with Crippen LogP contribution in [0.2, 0.25) is 0 Å². The summed E-state index contributed by atoms with van der Waals surface area (Å²) in [7, 11) is 0. The smallest absolute Gasteiger partial charge is 0.225 e. The molecule has 142 valence electrons. The van der Waals surface area contributed by atoms with Crippen LogP contribution in [0.4, 0.5) is 5.95 Å². The van der Waals surface area contributed by atoms with Gasteiger partial charge in [0.05, 0.1) is 6.54 Å². The van der Waals surface area contributed by atoms with Crippen LogP contribution >= 0.6 is 0 Å². The number of aromatic nitrogens is 2. The lowest BCUT2D eigenvalue weighted by Crippen LogP contribution is -2.29. The summed E-state index contributed by atoms with van der Waals surface area (Å²) in [4.78, 5) is 11.8. The molecule has 3 heterocycles. The lowest BCUT2D eigenvalue weighted by molar-refractivity contribution is 0.242. The Morgan fingerprint density at radius 2 is 1.85 bits per heavy atom. The molecule has 0 bridgehead atoms. The molecule has 0 spiro atoms. The van der Waals surface area contributed by atoms with E-state index < -0.39 is 0 Å². The molecule has 0 aliphatic carbocycles. The van der Waals surface area contributed by atoms with Gasteiger partial charge in [0.1, 0.15) is 18.1 Å². The van der Waals surface area contributed by atoms with Crippen LogP contribution in [0, 0.1) is 6.92 Å². The van der Waals surface area contributed by atoms with Crippen LogP contribution in [0.5, 0.6) is 0 Å². The van der Waals surface area contributed by atoms with Crippen LogP contribution in [0.3, 0.4) is 0 Å². The summed E-state index contributed by atoms with van der Waals surface area (Å²) in [6.45, 7) is 6.81. The maximum absolute atomic E-state index is 9.07. The number of aliphatic hydroxyl groups excluding tert-OH is 1. The molecule has 0 radical (unpaired) electrons. The van der Waals surface area contributed by atoms with Crippen molar-refractivity contribution in [3.8, 4) is 0 Å². The zero-order chi connectivity index (χ0) is 18.4. The third-order valence-electron chi connectivity index (χ3n) is 5.07. The van der Waals surface area contributed by atoms with E-state index in [0.717, 1.165) is 36.1 Å². The first-order valence-corrected chi connectivity index (χ1v) is 9.67. The fraction of sp³-hybridized carbons (Fsp3) is 0.600. The van der Waals surface area contributed by atoms with Crippen LogP contribution < -0.4 is 10.2 Å². The van der Waals surface area contributed by atoms with E-state index in [-0.39, 0.29) is 12.6 Å². The lowest BCUT2D eigenvalue weighted by Gasteiger charge is -2.25. The van der Waals surface area contributed by atoms with E-state index in [1.165, 1.54) is 32.1 Å². The summed E-state index contributed by atoms with van der Waals surface area (Å²) in [6.07, 6.45) is 8.36. The number of anilines is 1. The van der Waals surface area contributed by atoms with Gasteiger partial charge in [-0.2, -0.15) is 0 Å². The monoisotopic (exact) mass is 358 g/mol. The number of furan rings is 1. The zero-order valence-electron chi connectivity index (χ0n) is 15.9. The third kappa shape index (κ3) is 4.83. The molecule has 1 atom stereocenters. The summed E-state index contributed by atoms with van der Waals surface area (Å²) in [5.41, 5.74) is 2.13. The number of nitrogens with one attached hydrogen (secondary N) is 1. The van der Waals surface area contributed by atoms with Gasteiger partial charge in [-0.15, -0.1) is 0 Å². The maximum Gasteiger partial charge on any atom is 0.225 e. The van der Waals surface area contributed by atoms with Gasteiger partial charge < -0.3 is 19.7 Å². The lowest BCUT2D eigenvalue weighted by atomic mass is 10.1. The minimum absolute atomic E-state index is 0.0690. The third-order valence-corrected chi connectivity index (χ3v) is 5.07. The minimum atomic E-state index is -0.0690. The Labute approximate surface area is 155 Å². The van der Waals surface area contributed by atoms with Crippen molar-refractivity contribution >= 4 is 5.95 Å². The average Bonchev–Trinajstić information content (AvgIpc) is 3.07. The minimum Gasteiger partial charge on any atom is -0.462 e. The molecule has 6 nitrogen and oxygen atoms in total. The molecule has 2 N–H and O–H groups in total. The van der Waals surface area contributed by atoms with E-state index >= 15 is 0 Å². The van der Waals surface area contributed by atoms with Gasteiger partial charge in [-0.1, -0.05) is 19.3 Å². The van der Waals surface area contributed by atoms with Crippen molar-refractivity contribution in [3.63, 3.8) is 0 Å². The van der Waals surface area contributed by atoms with Gasteiger partial charge >= 0.3 is 0 Å². The molecule has 0 aromatic carbocycles. The summed E-state index contributed by atoms with van der Waals surface area (Å²) >= 11 is 0. The van der Waals surface area contributed by atoms with Crippen LogP contribution in [-0.4, -0.2) is 28.2 Å². The molecule has 0 unspecified atom stereocenters. The van der Waals surface area contributed by atoms with Gasteiger partial charge in [-0.3, -0.25) is 0 Å². The van der Waals surface area contributed by atoms with E-state index in [9.17, 15) is 0 Å². The number of aliphatic hydroxyl groups is 1. The normalized spacial score (nSPS) is 17.0. The summed E-state index contributed by atoms with van der Waals surface area (Å²) in [5, 5.41) is 12.5. The first-order valence-electron chi connectivity index (χ1n) is 9.67. The predicted molar refractivity (Wildman–Crippen MR) is 102 cm³/mol. The Hall–Kier alpha value is -1.92. The largest absolute Gasteiger partial charge is 0.462 e. The SMILES string of the molecule is Cc1nc(N2CCCCCCC2)ncc1[C@@H](C)NCc1ccc(CO)o1. The highest BCUT2D eigenvalue weighted by Crippen LogP contribution is 2.20. The second kappa shape index (κ2) is 9.14. The topological polar surface area (TPSA) is 74.4 Å². The maximum atomic E-state index is 9.07. The van der Waals surface area contributed by atoms with Crippen molar-refractivity contribution in [2.24, 2.45) is 0 Å². The molecule has 0 amide bonds. The van der Waals surface area contributed by atoms with Gasteiger partial charge in [-0.25, -0.2) is 9.97 Å². The van der Waals surface area contributed by atoms with Crippen molar-refractivity contribution in [2.75, 3.05) is 18.0 Å². The van der Waals surface area contributed by atoms with E-state index in [1.54, 1.807) is 6.07 Å². The van der Waals surface area contributed by atoms with Crippen LogP contribution in [0.25, 0.3) is 0 Å². The van der Waals surface area contributed by atoms with Crippen molar-refractivity contribution < 1.29 is 9.52 Å². The molecule has 2 aromatic heterocycles. The number of aryl methyl sites for hydroxylation is 1. The predicted octanol–water partition coefficient (Wildman–Crippen LogP) is 3.49. The van der Waals surface area contributed by atoms with E-state index in [4.69, 9.17) is 14.5 Å². The molecule has 26 heavy (non-hydrogen) atoms.